The van der Waals surface area contributed by atoms with E-state index >= 15 is 0 Å². The molecule has 0 spiro atoms. The van der Waals surface area contributed by atoms with E-state index in [1.54, 1.807) is 7.11 Å². The number of carbonyl (C=O) groups is 1. The van der Waals surface area contributed by atoms with Gasteiger partial charge in [0.25, 0.3) is 0 Å². The minimum atomic E-state index is -0.0136. The van der Waals surface area contributed by atoms with Crippen LogP contribution in [-0.2, 0) is 4.79 Å². The van der Waals surface area contributed by atoms with Gasteiger partial charge in [-0.3, -0.25) is 25.4 Å². The molecular formula is C20H31N5O2. The van der Waals surface area contributed by atoms with E-state index < -0.39 is 0 Å². The molecule has 0 aliphatic carbocycles. The number of hydrogen-bond acceptors (Lipinski definition) is 6. The molecule has 4 rings (SSSR count). The molecular weight excluding hydrogens is 342 g/mol. The van der Waals surface area contributed by atoms with E-state index in [0.29, 0.717) is 23.0 Å². The monoisotopic (exact) mass is 373 g/mol. The first-order valence-electron chi connectivity index (χ1n) is 10.0. The lowest BCUT2D eigenvalue weighted by atomic mass is 9.83. The van der Waals surface area contributed by atoms with E-state index in [-0.39, 0.29) is 11.9 Å². The molecule has 1 aromatic rings. The van der Waals surface area contributed by atoms with Crippen molar-refractivity contribution in [2.24, 2.45) is 5.41 Å². The molecule has 0 radical (unpaired) electrons. The van der Waals surface area contributed by atoms with Crippen LogP contribution < -0.4 is 20.5 Å². The number of methoxy groups -OCH3 is 1. The topological polar surface area (TPSA) is 69.7 Å². The maximum absolute atomic E-state index is 13.1. The van der Waals surface area contributed by atoms with E-state index in [0.717, 1.165) is 44.7 Å². The summed E-state index contributed by atoms with van der Waals surface area (Å²) in [7, 11) is 1.65. The highest BCUT2D eigenvalue weighted by molar-refractivity contribution is 5.98. The Labute approximate surface area is 161 Å². The van der Waals surface area contributed by atoms with Crippen LogP contribution in [0.5, 0.6) is 5.88 Å². The van der Waals surface area contributed by atoms with E-state index in [2.05, 4.69) is 40.6 Å². The van der Waals surface area contributed by atoms with E-state index in [9.17, 15) is 4.79 Å². The lowest BCUT2D eigenvalue weighted by Crippen LogP contribution is -2.49. The van der Waals surface area contributed by atoms with Crippen LogP contribution >= 0.6 is 0 Å². The predicted octanol–water partition coefficient (Wildman–Crippen LogP) is 1.51. The summed E-state index contributed by atoms with van der Waals surface area (Å²) in [4.78, 5) is 22.0. The highest BCUT2D eigenvalue weighted by Crippen LogP contribution is 2.34. The van der Waals surface area contributed by atoms with Crippen LogP contribution in [0, 0.1) is 5.41 Å². The lowest BCUT2D eigenvalue weighted by Gasteiger charge is -2.40. The first kappa shape index (κ1) is 18.7. The second kappa shape index (κ2) is 7.37. The number of pyridine rings is 1. The minimum Gasteiger partial charge on any atom is -0.481 e. The molecule has 3 aliphatic rings. The van der Waals surface area contributed by atoms with Crippen molar-refractivity contribution in [3.05, 3.63) is 17.7 Å². The number of hydrogen-bond donors (Lipinski definition) is 2. The molecule has 2 N–H and O–H groups in total. The van der Waals surface area contributed by atoms with Crippen LogP contribution in [0.1, 0.15) is 44.6 Å². The molecule has 3 fully saturated rings. The summed E-state index contributed by atoms with van der Waals surface area (Å²) in [6.07, 6.45) is 3.28. The third-order valence-electron chi connectivity index (χ3n) is 6.15. The zero-order valence-electron chi connectivity index (χ0n) is 16.6. The Morgan fingerprint density at radius 2 is 2.00 bits per heavy atom. The fraction of sp³-hybridized carbons (Fsp3) is 0.700. The Morgan fingerprint density at radius 1 is 1.22 bits per heavy atom. The van der Waals surface area contributed by atoms with Gasteiger partial charge in [0, 0.05) is 37.7 Å². The average molecular weight is 374 g/mol. The fourth-order valence-corrected chi connectivity index (χ4v) is 4.71. The second-order valence-corrected chi connectivity index (χ2v) is 8.76. The number of hydrazine groups is 1. The Morgan fingerprint density at radius 3 is 2.70 bits per heavy atom. The summed E-state index contributed by atoms with van der Waals surface area (Å²) in [5.74, 6) is 1.84. The smallest absolute Gasteiger partial charge is 0.245 e. The number of nitrogens with one attached hydrogen (secondary N) is 2. The standard InChI is InChI=1S/C20H31N5O2/c1-20(2)8-4-9-24(13-20)16-7-10-25(19(16)26)17-6-5-15(18(23-17)27-3)14-11-21-22-12-14/h5-6,14,16,21-22H,4,7-13H2,1-3H3. The van der Waals surface area contributed by atoms with Gasteiger partial charge in [-0.2, -0.15) is 4.98 Å². The van der Waals surface area contributed by atoms with Crippen molar-refractivity contribution in [1.29, 1.82) is 0 Å². The quantitative estimate of drug-likeness (QED) is 0.834. The van der Waals surface area contributed by atoms with Crippen molar-refractivity contribution in [2.75, 3.05) is 44.7 Å². The van der Waals surface area contributed by atoms with Crippen molar-refractivity contribution in [1.82, 2.24) is 20.7 Å². The van der Waals surface area contributed by atoms with E-state index in [1.165, 1.54) is 12.8 Å². The summed E-state index contributed by atoms with van der Waals surface area (Å²) < 4.78 is 5.55. The first-order valence-corrected chi connectivity index (χ1v) is 10.0. The molecule has 4 heterocycles. The van der Waals surface area contributed by atoms with Crippen molar-refractivity contribution in [3.8, 4) is 5.88 Å². The maximum atomic E-state index is 13.1. The number of rotatable bonds is 4. The Kier molecular flexibility index (Phi) is 5.09. The number of amides is 1. The highest BCUT2D eigenvalue weighted by Gasteiger charge is 2.40. The summed E-state index contributed by atoms with van der Waals surface area (Å²) >= 11 is 0. The molecule has 7 nitrogen and oxygen atoms in total. The van der Waals surface area contributed by atoms with Gasteiger partial charge in [-0.15, -0.1) is 0 Å². The third-order valence-corrected chi connectivity index (χ3v) is 6.15. The van der Waals surface area contributed by atoms with Gasteiger partial charge >= 0.3 is 0 Å². The average Bonchev–Trinajstić information content (AvgIpc) is 3.30. The van der Waals surface area contributed by atoms with Crippen LogP contribution in [0.2, 0.25) is 0 Å². The SMILES string of the molecule is COc1nc(N2CCC(N3CCCC(C)(C)C3)C2=O)ccc1C1CNNC1. The highest BCUT2D eigenvalue weighted by atomic mass is 16.5. The Bertz CT molecular complexity index is 702. The number of carbonyl (C=O) groups excluding carboxylic acids is 1. The Balaban J connectivity index is 1.51. The molecule has 1 amide bonds. The summed E-state index contributed by atoms with van der Waals surface area (Å²) in [6.45, 7) is 9.05. The van der Waals surface area contributed by atoms with Gasteiger partial charge in [-0.1, -0.05) is 13.8 Å². The minimum absolute atomic E-state index is 0.0136. The number of aromatic nitrogens is 1. The summed E-state index contributed by atoms with van der Waals surface area (Å²) in [5.41, 5.74) is 7.66. The molecule has 0 aromatic carbocycles. The maximum Gasteiger partial charge on any atom is 0.245 e. The van der Waals surface area contributed by atoms with Gasteiger partial charge in [0.15, 0.2) is 0 Å². The van der Waals surface area contributed by atoms with Crippen LogP contribution in [0.4, 0.5) is 5.82 Å². The molecule has 27 heavy (non-hydrogen) atoms. The molecule has 148 valence electrons. The lowest BCUT2D eigenvalue weighted by molar-refractivity contribution is -0.122. The molecule has 1 atom stereocenters. The van der Waals surface area contributed by atoms with Crippen LogP contribution in [0.25, 0.3) is 0 Å². The molecule has 7 heteroatoms. The number of piperidine rings is 1. The van der Waals surface area contributed by atoms with Gasteiger partial charge in [-0.05, 0) is 43.4 Å². The molecule has 1 unspecified atom stereocenters. The van der Waals surface area contributed by atoms with Crippen molar-refractivity contribution in [2.45, 2.75) is 45.1 Å². The summed E-state index contributed by atoms with van der Waals surface area (Å²) in [6, 6.07) is 4.02. The molecule has 1 aromatic heterocycles. The number of likely N-dealkylation sites (tertiary alicyclic amines) is 1. The molecule has 0 bridgehead atoms. The van der Waals surface area contributed by atoms with Crippen molar-refractivity contribution < 1.29 is 9.53 Å². The predicted molar refractivity (Wildman–Crippen MR) is 105 cm³/mol. The van der Waals surface area contributed by atoms with E-state index in [1.807, 2.05) is 11.0 Å². The zero-order valence-corrected chi connectivity index (χ0v) is 16.6. The van der Waals surface area contributed by atoms with Gasteiger partial charge in [0.2, 0.25) is 11.8 Å². The number of nitrogens with zero attached hydrogens (tertiary/aromatic N) is 3. The van der Waals surface area contributed by atoms with Gasteiger partial charge in [0.1, 0.15) is 5.82 Å². The van der Waals surface area contributed by atoms with Crippen LogP contribution in [0.15, 0.2) is 12.1 Å². The summed E-state index contributed by atoms with van der Waals surface area (Å²) in [5, 5.41) is 0. The largest absolute Gasteiger partial charge is 0.481 e. The number of ether oxygens (including phenoxy) is 1. The fourth-order valence-electron chi connectivity index (χ4n) is 4.71. The molecule has 3 aliphatic heterocycles. The Hall–Kier alpha value is -1.70. The second-order valence-electron chi connectivity index (χ2n) is 8.76. The number of anilines is 1. The zero-order chi connectivity index (χ0) is 19.0. The third kappa shape index (κ3) is 3.68. The van der Waals surface area contributed by atoms with E-state index in [4.69, 9.17) is 4.74 Å². The van der Waals surface area contributed by atoms with Crippen LogP contribution in [0.3, 0.4) is 0 Å². The van der Waals surface area contributed by atoms with Gasteiger partial charge in [-0.25, -0.2) is 0 Å². The van der Waals surface area contributed by atoms with Crippen molar-refractivity contribution in [3.63, 3.8) is 0 Å². The molecule has 0 saturated carbocycles. The van der Waals surface area contributed by atoms with Crippen LogP contribution in [-0.4, -0.2) is 61.7 Å². The molecule has 3 saturated heterocycles. The normalized spacial score (nSPS) is 26.7. The van der Waals surface area contributed by atoms with Crippen molar-refractivity contribution >= 4 is 11.7 Å². The van der Waals surface area contributed by atoms with Gasteiger partial charge < -0.3 is 4.74 Å². The first-order chi connectivity index (χ1) is 13.0. The van der Waals surface area contributed by atoms with Gasteiger partial charge in [0.05, 0.1) is 13.2 Å².